The van der Waals surface area contributed by atoms with E-state index in [1.807, 2.05) is 30.3 Å². The Bertz CT molecular complexity index is 828. The van der Waals surface area contributed by atoms with Crippen LogP contribution in [0.2, 0.25) is 0 Å². The average molecular weight is 312 g/mol. The number of nitrogens with one attached hydrogen (secondary N) is 1. The van der Waals surface area contributed by atoms with E-state index in [0.717, 1.165) is 5.39 Å². The van der Waals surface area contributed by atoms with E-state index in [-0.39, 0.29) is 5.91 Å². The van der Waals surface area contributed by atoms with Crippen molar-refractivity contribution in [2.45, 2.75) is 13.0 Å². The molecule has 2 aromatic carbocycles. The third-order valence-corrected chi connectivity index (χ3v) is 3.36. The number of hydrogen-bond acceptors (Lipinski definition) is 5. The quantitative estimate of drug-likeness (QED) is 0.783. The van der Waals surface area contributed by atoms with Crippen LogP contribution in [0, 0.1) is 0 Å². The number of para-hydroxylation sites is 3. The molecule has 0 fully saturated rings. The molecule has 1 atom stereocenters. The molecule has 6 nitrogen and oxygen atoms in total. The Labute approximate surface area is 133 Å². The maximum Gasteiger partial charge on any atom is 0.266 e. The predicted octanol–water partition coefficient (Wildman–Crippen LogP) is 3.24. The van der Waals surface area contributed by atoms with Gasteiger partial charge in [-0.05, 0) is 31.2 Å². The fourth-order valence-corrected chi connectivity index (χ4v) is 2.15. The lowest BCUT2D eigenvalue weighted by molar-refractivity contribution is -0.122. The fraction of sp³-hybridized carbons (Fsp3) is 0.176. The molecule has 1 amide bonds. The second-order valence-corrected chi connectivity index (χ2v) is 4.93. The monoisotopic (exact) mass is 312 g/mol. The van der Waals surface area contributed by atoms with Crippen LogP contribution in [0.4, 0.5) is 5.82 Å². The van der Waals surface area contributed by atoms with Crippen LogP contribution in [0.25, 0.3) is 11.0 Å². The first-order valence-electron chi connectivity index (χ1n) is 7.14. The van der Waals surface area contributed by atoms with Crippen molar-refractivity contribution in [1.29, 1.82) is 0 Å². The average Bonchev–Trinajstić information content (AvgIpc) is 2.98. The van der Waals surface area contributed by atoms with Crippen molar-refractivity contribution in [3.8, 4) is 11.5 Å². The van der Waals surface area contributed by atoms with Gasteiger partial charge in [-0.25, -0.2) is 0 Å². The molecule has 0 saturated heterocycles. The van der Waals surface area contributed by atoms with E-state index >= 15 is 0 Å². The Kier molecular flexibility index (Phi) is 4.14. The first-order chi connectivity index (χ1) is 11.2. The highest BCUT2D eigenvalue weighted by atomic mass is 16.5. The number of methoxy groups -OCH3 is 1. The molecule has 1 heterocycles. The Balaban J connectivity index is 1.73. The zero-order chi connectivity index (χ0) is 16.2. The number of carbonyl (C=O) groups excluding carboxylic acids is 1. The van der Waals surface area contributed by atoms with Crippen molar-refractivity contribution in [2.75, 3.05) is 12.4 Å². The summed E-state index contributed by atoms with van der Waals surface area (Å²) in [6, 6.07) is 14.5. The van der Waals surface area contributed by atoms with Crippen LogP contribution in [0.5, 0.6) is 11.5 Å². The van der Waals surface area contributed by atoms with E-state index in [2.05, 4.69) is 10.5 Å². The van der Waals surface area contributed by atoms with Gasteiger partial charge in [0.15, 0.2) is 29.0 Å². The zero-order valence-corrected chi connectivity index (χ0v) is 12.8. The van der Waals surface area contributed by atoms with Gasteiger partial charge in [-0.2, -0.15) is 0 Å². The number of carbonyl (C=O) groups is 1. The molecule has 3 aromatic rings. The van der Waals surface area contributed by atoms with Crippen molar-refractivity contribution < 1.29 is 18.8 Å². The molecule has 118 valence electrons. The molecule has 1 N–H and O–H groups in total. The Morgan fingerprint density at radius 2 is 1.83 bits per heavy atom. The van der Waals surface area contributed by atoms with Gasteiger partial charge in [0.25, 0.3) is 5.91 Å². The van der Waals surface area contributed by atoms with Gasteiger partial charge in [0, 0.05) is 0 Å². The lowest BCUT2D eigenvalue weighted by Crippen LogP contribution is -2.30. The largest absolute Gasteiger partial charge is 0.493 e. The Morgan fingerprint density at radius 1 is 1.13 bits per heavy atom. The molecule has 23 heavy (non-hydrogen) atoms. The number of rotatable bonds is 5. The molecule has 0 saturated carbocycles. The molecule has 3 rings (SSSR count). The van der Waals surface area contributed by atoms with E-state index < -0.39 is 6.10 Å². The van der Waals surface area contributed by atoms with E-state index in [1.54, 1.807) is 32.2 Å². The van der Waals surface area contributed by atoms with Crippen LogP contribution < -0.4 is 14.8 Å². The van der Waals surface area contributed by atoms with Gasteiger partial charge in [0.2, 0.25) is 0 Å². The highest BCUT2D eigenvalue weighted by Crippen LogP contribution is 2.27. The molecule has 0 radical (unpaired) electrons. The Hall–Kier alpha value is -3.02. The van der Waals surface area contributed by atoms with Crippen LogP contribution in [-0.2, 0) is 4.79 Å². The van der Waals surface area contributed by atoms with Gasteiger partial charge in [0.1, 0.15) is 0 Å². The number of aromatic nitrogens is 1. The lowest BCUT2D eigenvalue weighted by atomic mass is 10.2. The van der Waals surface area contributed by atoms with Gasteiger partial charge < -0.3 is 19.3 Å². The lowest BCUT2D eigenvalue weighted by Gasteiger charge is -2.15. The number of ether oxygens (including phenoxy) is 2. The fourth-order valence-electron chi connectivity index (χ4n) is 2.15. The molecule has 0 aliphatic heterocycles. The third-order valence-electron chi connectivity index (χ3n) is 3.36. The van der Waals surface area contributed by atoms with Gasteiger partial charge in [-0.15, -0.1) is 0 Å². The third kappa shape index (κ3) is 3.11. The summed E-state index contributed by atoms with van der Waals surface area (Å²) in [6.45, 7) is 1.66. The van der Waals surface area contributed by atoms with Crippen molar-refractivity contribution >= 4 is 22.7 Å². The van der Waals surface area contributed by atoms with Crippen LogP contribution in [0.1, 0.15) is 6.92 Å². The molecule has 0 bridgehead atoms. The summed E-state index contributed by atoms with van der Waals surface area (Å²) in [7, 11) is 1.55. The predicted molar refractivity (Wildman–Crippen MR) is 85.7 cm³/mol. The number of nitrogens with zero attached hydrogens (tertiary/aromatic N) is 1. The van der Waals surface area contributed by atoms with Crippen LogP contribution in [0.3, 0.4) is 0 Å². The summed E-state index contributed by atoms with van der Waals surface area (Å²) >= 11 is 0. The molecule has 0 aliphatic rings. The van der Waals surface area contributed by atoms with Crippen LogP contribution in [-0.4, -0.2) is 24.3 Å². The number of benzene rings is 2. The van der Waals surface area contributed by atoms with Crippen molar-refractivity contribution in [1.82, 2.24) is 5.16 Å². The molecule has 0 unspecified atom stereocenters. The molecule has 6 heteroatoms. The van der Waals surface area contributed by atoms with Crippen LogP contribution in [0.15, 0.2) is 53.1 Å². The number of amides is 1. The minimum atomic E-state index is -0.721. The molecular formula is C17H16N2O4. The second-order valence-electron chi connectivity index (χ2n) is 4.93. The van der Waals surface area contributed by atoms with Crippen molar-refractivity contribution in [2.24, 2.45) is 0 Å². The highest BCUT2D eigenvalue weighted by molar-refractivity contribution is 6.00. The smallest absolute Gasteiger partial charge is 0.266 e. The van der Waals surface area contributed by atoms with E-state index in [9.17, 15) is 4.79 Å². The minimum Gasteiger partial charge on any atom is -0.493 e. The van der Waals surface area contributed by atoms with E-state index in [1.165, 1.54) is 0 Å². The SMILES string of the molecule is COc1ccccc1O[C@@H](C)C(=O)Nc1noc2ccccc12. The maximum atomic E-state index is 12.3. The zero-order valence-electron chi connectivity index (χ0n) is 12.8. The van der Waals surface area contributed by atoms with Gasteiger partial charge in [-0.3, -0.25) is 4.79 Å². The highest BCUT2D eigenvalue weighted by Gasteiger charge is 2.19. The normalized spacial score (nSPS) is 11.9. The summed E-state index contributed by atoms with van der Waals surface area (Å²) < 4.78 is 16.0. The molecule has 0 aliphatic carbocycles. The first-order valence-corrected chi connectivity index (χ1v) is 7.14. The van der Waals surface area contributed by atoms with Gasteiger partial charge >= 0.3 is 0 Å². The van der Waals surface area contributed by atoms with Gasteiger partial charge in [-0.1, -0.05) is 29.4 Å². The first kappa shape index (κ1) is 14.9. The van der Waals surface area contributed by atoms with Crippen molar-refractivity contribution in [3.05, 3.63) is 48.5 Å². The number of fused-ring (bicyclic) bond motifs is 1. The standard InChI is InChI=1S/C17H16N2O4/c1-11(22-15-10-6-5-9-14(15)21-2)17(20)18-16-12-7-3-4-8-13(12)23-19-16/h3-11H,1-2H3,(H,18,19,20)/t11-/m0/s1. The van der Waals surface area contributed by atoms with Crippen LogP contribution >= 0.6 is 0 Å². The molecular weight excluding hydrogens is 296 g/mol. The van der Waals surface area contributed by atoms with Crippen molar-refractivity contribution in [3.63, 3.8) is 0 Å². The summed E-state index contributed by atoms with van der Waals surface area (Å²) in [5.74, 6) is 1.12. The minimum absolute atomic E-state index is 0.324. The summed E-state index contributed by atoms with van der Waals surface area (Å²) in [6.07, 6.45) is -0.721. The topological polar surface area (TPSA) is 73.6 Å². The van der Waals surface area contributed by atoms with Gasteiger partial charge in [0.05, 0.1) is 12.5 Å². The second kappa shape index (κ2) is 6.39. The summed E-state index contributed by atoms with van der Waals surface area (Å²) in [5, 5.41) is 7.33. The molecule has 0 spiro atoms. The Morgan fingerprint density at radius 3 is 2.61 bits per heavy atom. The maximum absolute atomic E-state index is 12.3. The summed E-state index contributed by atoms with van der Waals surface area (Å²) in [5.41, 5.74) is 0.612. The summed E-state index contributed by atoms with van der Waals surface area (Å²) in [4.78, 5) is 12.3. The molecule has 1 aromatic heterocycles. The number of anilines is 1. The number of hydrogen-bond donors (Lipinski definition) is 1. The van der Waals surface area contributed by atoms with E-state index in [4.69, 9.17) is 14.0 Å². The van der Waals surface area contributed by atoms with E-state index in [0.29, 0.717) is 22.9 Å².